The zero-order valence-corrected chi connectivity index (χ0v) is 30.2. The number of para-hydroxylation sites is 2. The second-order valence-corrected chi connectivity index (χ2v) is 15.6. The van der Waals surface area contributed by atoms with Gasteiger partial charge in [-0.15, -0.1) is 11.3 Å². The lowest BCUT2D eigenvalue weighted by atomic mass is 10.0. The smallest absolute Gasteiger partial charge is 0.162 e. The Labute approximate surface area is 318 Å². The molecule has 0 aliphatic rings. The average molecular weight is 717 g/mol. The number of hydrogen-bond donors (Lipinski definition) is 0. The molecule has 0 radical (unpaired) electrons. The van der Waals surface area contributed by atoms with Crippen LogP contribution in [0.2, 0.25) is 0 Å². The van der Waals surface area contributed by atoms with Crippen LogP contribution in [0.4, 0.5) is 0 Å². The van der Waals surface area contributed by atoms with Gasteiger partial charge in [0.05, 0.1) is 37.8 Å². The molecule has 55 heavy (non-hydrogen) atoms. The van der Waals surface area contributed by atoms with Gasteiger partial charge >= 0.3 is 0 Å². The molecule has 254 valence electrons. The molecule has 5 aromatic heterocycles. The highest BCUT2D eigenvalue weighted by Gasteiger charge is 2.26. The second kappa shape index (κ2) is 10.8. The predicted molar refractivity (Wildman–Crippen MR) is 232 cm³/mol. The molecule has 0 aliphatic carbocycles. The summed E-state index contributed by atoms with van der Waals surface area (Å²) in [5.74, 6) is 1.63. The molecule has 0 atom stereocenters. The van der Waals surface area contributed by atoms with Crippen LogP contribution in [0.1, 0.15) is 0 Å². The van der Waals surface area contributed by atoms with Gasteiger partial charge in [0.1, 0.15) is 0 Å². The molecule has 13 rings (SSSR count). The van der Waals surface area contributed by atoms with E-state index < -0.39 is 0 Å². The fourth-order valence-corrected chi connectivity index (χ4v) is 10.3. The first-order valence-corrected chi connectivity index (χ1v) is 19.5. The third-order valence-corrected chi connectivity index (χ3v) is 12.8. The molecule has 0 amide bonds. The first-order valence-electron chi connectivity index (χ1n) is 18.7. The minimum absolute atomic E-state index is 0.718. The summed E-state index contributed by atoms with van der Waals surface area (Å²) >= 11 is 1.78. The van der Waals surface area contributed by atoms with Gasteiger partial charge in [0.25, 0.3) is 0 Å². The third-order valence-electron chi connectivity index (χ3n) is 11.6. The fourth-order valence-electron chi connectivity index (χ4n) is 9.23. The van der Waals surface area contributed by atoms with E-state index in [4.69, 9.17) is 9.97 Å². The number of rotatable bonds is 3. The van der Waals surface area contributed by atoms with Gasteiger partial charge in [-0.2, -0.15) is 0 Å². The number of hydrogen-bond acceptors (Lipinski definition) is 3. The Balaban J connectivity index is 1.19. The highest BCUT2D eigenvalue weighted by molar-refractivity contribution is 7.26. The maximum Gasteiger partial charge on any atom is 0.162 e. The number of fused-ring (bicyclic) bond motifs is 14. The zero-order chi connectivity index (χ0) is 35.8. The summed E-state index contributed by atoms with van der Waals surface area (Å²) in [6.07, 6.45) is 0. The number of thiophene rings is 1. The Morgan fingerprint density at radius 2 is 1.07 bits per heavy atom. The van der Waals surface area contributed by atoms with E-state index in [1.807, 2.05) is 0 Å². The molecule has 5 heteroatoms. The van der Waals surface area contributed by atoms with Crippen LogP contribution in [0.5, 0.6) is 0 Å². The number of benzene rings is 8. The van der Waals surface area contributed by atoms with Crippen molar-refractivity contribution in [1.29, 1.82) is 0 Å². The van der Waals surface area contributed by atoms with E-state index in [-0.39, 0.29) is 0 Å². The van der Waals surface area contributed by atoms with E-state index in [1.165, 1.54) is 75.5 Å². The minimum Gasteiger partial charge on any atom is -0.308 e. The highest BCUT2D eigenvalue weighted by Crippen LogP contribution is 2.48. The Morgan fingerprint density at radius 3 is 1.91 bits per heavy atom. The van der Waals surface area contributed by atoms with Crippen molar-refractivity contribution in [3.05, 3.63) is 170 Å². The molecule has 0 N–H and O–H groups in total. The SMILES string of the molecule is c1ccc(-c2ccc(-c3nc(-n4c5ccccc5c5c6c7cc8ccccc8cc7n7c8ccccc8c(cc54)c67)c4sc5ccccc5c4n3)cc2)cc1. The first kappa shape index (κ1) is 29.4. The Hall–Kier alpha value is -7.08. The van der Waals surface area contributed by atoms with Crippen LogP contribution < -0.4 is 0 Å². The van der Waals surface area contributed by atoms with E-state index in [9.17, 15) is 0 Å². The molecular formula is C50H28N4S. The van der Waals surface area contributed by atoms with Crippen LogP contribution in [0, 0.1) is 0 Å². The van der Waals surface area contributed by atoms with Crippen molar-refractivity contribution < 1.29 is 0 Å². The molecular weight excluding hydrogens is 689 g/mol. The van der Waals surface area contributed by atoms with Crippen molar-refractivity contribution in [1.82, 2.24) is 18.9 Å². The van der Waals surface area contributed by atoms with Crippen LogP contribution in [0.25, 0.3) is 119 Å². The maximum atomic E-state index is 5.55. The third kappa shape index (κ3) is 3.94. The molecule has 5 heterocycles. The van der Waals surface area contributed by atoms with Crippen molar-refractivity contribution in [3.63, 3.8) is 0 Å². The topological polar surface area (TPSA) is 35.1 Å². The van der Waals surface area contributed by atoms with Crippen LogP contribution in [-0.4, -0.2) is 18.9 Å². The van der Waals surface area contributed by atoms with Crippen LogP contribution >= 0.6 is 11.3 Å². The molecule has 0 saturated heterocycles. The lowest BCUT2D eigenvalue weighted by molar-refractivity contribution is 1.08. The summed E-state index contributed by atoms with van der Waals surface area (Å²) in [7, 11) is 0. The minimum atomic E-state index is 0.718. The predicted octanol–water partition coefficient (Wildman–Crippen LogP) is 13.6. The number of nitrogens with zero attached hydrogens (tertiary/aromatic N) is 4. The fraction of sp³-hybridized carbons (Fsp3) is 0. The first-order chi connectivity index (χ1) is 27.3. The standard InChI is InChI=1S/C50H28N4S/c1-2-12-29(13-3-1)30-22-24-31(25-23-30)49-51-46-36-18-8-11-21-43(36)55-48(46)50(52-49)54-40-20-10-7-17-35(40)44-42(54)28-37-34-16-6-9-19-39(34)53-41-27-33-15-5-4-14-32(33)26-38(41)45(44)47(37)53/h1-28H. The Bertz CT molecular complexity index is 3700. The van der Waals surface area contributed by atoms with E-state index >= 15 is 0 Å². The van der Waals surface area contributed by atoms with Gasteiger partial charge in [-0.05, 0) is 58.3 Å². The molecule has 8 aromatic carbocycles. The largest absolute Gasteiger partial charge is 0.308 e. The molecule has 0 bridgehead atoms. The van der Waals surface area contributed by atoms with Gasteiger partial charge in [-0.3, -0.25) is 4.57 Å². The summed E-state index contributed by atoms with van der Waals surface area (Å²) < 4.78 is 7.21. The normalized spacial score (nSPS) is 12.4. The Kier molecular flexibility index (Phi) is 5.74. The molecule has 0 aliphatic heterocycles. The summed E-state index contributed by atoms with van der Waals surface area (Å²) in [5, 5.41) is 11.2. The average Bonchev–Trinajstić information content (AvgIpc) is 3.98. The van der Waals surface area contributed by atoms with Crippen molar-refractivity contribution in [2.45, 2.75) is 0 Å². The van der Waals surface area contributed by atoms with Gasteiger partial charge < -0.3 is 4.40 Å². The van der Waals surface area contributed by atoms with Gasteiger partial charge in [-0.25, -0.2) is 9.97 Å². The van der Waals surface area contributed by atoms with Crippen molar-refractivity contribution in [2.24, 2.45) is 0 Å². The lowest BCUT2D eigenvalue weighted by Gasteiger charge is -2.11. The molecule has 13 aromatic rings. The van der Waals surface area contributed by atoms with Crippen LogP contribution in [0.15, 0.2) is 170 Å². The quantitative estimate of drug-likeness (QED) is 0.182. The lowest BCUT2D eigenvalue weighted by Crippen LogP contribution is -2.01. The van der Waals surface area contributed by atoms with E-state index in [0.717, 1.165) is 43.8 Å². The highest BCUT2D eigenvalue weighted by atomic mass is 32.1. The summed E-state index contributed by atoms with van der Waals surface area (Å²) in [6, 6.07) is 61.5. The van der Waals surface area contributed by atoms with Crippen molar-refractivity contribution in [3.8, 4) is 28.3 Å². The zero-order valence-electron chi connectivity index (χ0n) is 29.4. The van der Waals surface area contributed by atoms with Crippen LogP contribution in [0.3, 0.4) is 0 Å². The molecule has 4 nitrogen and oxygen atoms in total. The Morgan fingerprint density at radius 1 is 0.418 bits per heavy atom. The molecule has 0 saturated carbocycles. The molecule has 0 spiro atoms. The summed E-state index contributed by atoms with van der Waals surface area (Å²) in [6.45, 7) is 0. The van der Waals surface area contributed by atoms with Gasteiger partial charge in [0.15, 0.2) is 11.6 Å². The number of aromatic nitrogens is 4. The van der Waals surface area contributed by atoms with Gasteiger partial charge in [0, 0.05) is 48.0 Å². The van der Waals surface area contributed by atoms with E-state index in [0.29, 0.717) is 0 Å². The van der Waals surface area contributed by atoms with Gasteiger partial charge in [0.2, 0.25) is 0 Å². The van der Waals surface area contributed by atoms with E-state index in [2.05, 4.69) is 179 Å². The molecule has 0 fully saturated rings. The van der Waals surface area contributed by atoms with Gasteiger partial charge in [-0.1, -0.05) is 133 Å². The van der Waals surface area contributed by atoms with Crippen molar-refractivity contribution in [2.75, 3.05) is 0 Å². The van der Waals surface area contributed by atoms with Crippen molar-refractivity contribution >= 4 is 102 Å². The van der Waals surface area contributed by atoms with Crippen LogP contribution in [-0.2, 0) is 0 Å². The summed E-state index contributed by atoms with van der Waals surface area (Å²) in [5.41, 5.74) is 10.4. The van der Waals surface area contributed by atoms with E-state index in [1.54, 1.807) is 11.3 Å². The summed E-state index contributed by atoms with van der Waals surface area (Å²) in [4.78, 5) is 10.9. The monoisotopic (exact) mass is 716 g/mol. The molecule has 0 unspecified atom stereocenters. The maximum absolute atomic E-state index is 5.55. The second-order valence-electron chi connectivity index (χ2n) is 14.6.